The highest BCUT2D eigenvalue weighted by Crippen LogP contribution is 2.15. The topological polar surface area (TPSA) is 38.5 Å². The summed E-state index contributed by atoms with van der Waals surface area (Å²) in [5.74, 6) is 0.865. The molecule has 0 amide bonds. The molecule has 0 saturated heterocycles. The highest BCUT2D eigenvalue weighted by atomic mass is 16.5. The summed E-state index contributed by atoms with van der Waals surface area (Å²) in [6.07, 6.45) is 4.58. The van der Waals surface area contributed by atoms with E-state index in [1.165, 1.54) is 18.5 Å². The van der Waals surface area contributed by atoms with Gasteiger partial charge >= 0.3 is 0 Å². The molecule has 0 atom stereocenters. The maximum absolute atomic E-state index is 5.70. The number of anilines is 1. The lowest BCUT2D eigenvalue weighted by atomic mass is 10.1. The summed E-state index contributed by atoms with van der Waals surface area (Å²) in [5.41, 5.74) is 7.97. The van der Waals surface area contributed by atoms with Gasteiger partial charge in [0.25, 0.3) is 0 Å². The SMILES string of the molecule is CC1=CCN(CCCOc2cccc(N)c2)CC1. The van der Waals surface area contributed by atoms with Crippen LogP contribution in [0.15, 0.2) is 35.9 Å². The predicted molar refractivity (Wildman–Crippen MR) is 75.8 cm³/mol. The second-order valence-corrected chi connectivity index (χ2v) is 4.88. The van der Waals surface area contributed by atoms with E-state index in [1.54, 1.807) is 0 Å². The summed E-state index contributed by atoms with van der Waals surface area (Å²) in [4.78, 5) is 2.47. The first-order chi connectivity index (χ1) is 8.74. The zero-order chi connectivity index (χ0) is 12.8. The monoisotopic (exact) mass is 246 g/mol. The maximum atomic E-state index is 5.70. The van der Waals surface area contributed by atoms with Gasteiger partial charge in [-0.25, -0.2) is 0 Å². The molecule has 0 spiro atoms. The molecule has 3 heteroatoms. The smallest absolute Gasteiger partial charge is 0.121 e. The molecule has 1 aliphatic heterocycles. The Labute approximate surface area is 109 Å². The van der Waals surface area contributed by atoms with E-state index in [9.17, 15) is 0 Å². The van der Waals surface area contributed by atoms with Gasteiger partial charge in [-0.3, -0.25) is 4.90 Å². The molecule has 2 N–H and O–H groups in total. The predicted octanol–water partition coefficient (Wildman–Crippen LogP) is 2.69. The molecule has 1 heterocycles. The Balaban J connectivity index is 1.64. The lowest BCUT2D eigenvalue weighted by Gasteiger charge is -2.25. The van der Waals surface area contributed by atoms with Gasteiger partial charge in [0.2, 0.25) is 0 Å². The number of nitrogens with two attached hydrogens (primary N) is 1. The Morgan fingerprint density at radius 3 is 3.00 bits per heavy atom. The van der Waals surface area contributed by atoms with Crippen molar-refractivity contribution in [3.63, 3.8) is 0 Å². The molecule has 2 rings (SSSR count). The van der Waals surface area contributed by atoms with E-state index >= 15 is 0 Å². The van der Waals surface area contributed by atoms with Crippen molar-refractivity contribution < 1.29 is 4.74 Å². The summed E-state index contributed by atoms with van der Waals surface area (Å²) >= 11 is 0. The van der Waals surface area contributed by atoms with Gasteiger partial charge in [0.05, 0.1) is 6.61 Å². The minimum absolute atomic E-state index is 0.753. The highest BCUT2D eigenvalue weighted by Gasteiger charge is 2.08. The van der Waals surface area contributed by atoms with Gasteiger partial charge in [0.15, 0.2) is 0 Å². The van der Waals surface area contributed by atoms with Crippen LogP contribution < -0.4 is 10.5 Å². The molecule has 0 aromatic heterocycles. The number of hydrogen-bond acceptors (Lipinski definition) is 3. The molecule has 98 valence electrons. The third kappa shape index (κ3) is 4.08. The van der Waals surface area contributed by atoms with Gasteiger partial charge in [-0.2, -0.15) is 0 Å². The van der Waals surface area contributed by atoms with E-state index in [2.05, 4.69) is 17.9 Å². The Morgan fingerprint density at radius 2 is 2.28 bits per heavy atom. The third-order valence-corrected chi connectivity index (χ3v) is 3.27. The first-order valence-corrected chi connectivity index (χ1v) is 6.60. The number of benzene rings is 1. The number of hydrogen-bond donors (Lipinski definition) is 1. The molecule has 1 aromatic carbocycles. The van der Waals surface area contributed by atoms with Crippen molar-refractivity contribution in [1.82, 2.24) is 4.90 Å². The summed E-state index contributed by atoms with van der Waals surface area (Å²) in [6, 6.07) is 7.61. The van der Waals surface area contributed by atoms with Crippen LogP contribution >= 0.6 is 0 Å². The molecular weight excluding hydrogens is 224 g/mol. The molecule has 0 bridgehead atoms. The fourth-order valence-corrected chi connectivity index (χ4v) is 2.10. The molecule has 0 fully saturated rings. The van der Waals surface area contributed by atoms with Crippen molar-refractivity contribution in [2.24, 2.45) is 0 Å². The van der Waals surface area contributed by atoms with Crippen molar-refractivity contribution in [3.8, 4) is 5.75 Å². The Hall–Kier alpha value is -1.48. The zero-order valence-corrected chi connectivity index (χ0v) is 11.1. The lowest BCUT2D eigenvalue weighted by Crippen LogP contribution is -2.30. The van der Waals surface area contributed by atoms with Crippen LogP contribution in [0.3, 0.4) is 0 Å². The second-order valence-electron chi connectivity index (χ2n) is 4.88. The molecule has 18 heavy (non-hydrogen) atoms. The molecule has 1 aliphatic rings. The fourth-order valence-electron chi connectivity index (χ4n) is 2.10. The molecule has 0 saturated carbocycles. The molecule has 3 nitrogen and oxygen atoms in total. The van der Waals surface area contributed by atoms with Crippen molar-refractivity contribution >= 4 is 5.69 Å². The Bertz CT molecular complexity index is 415. The van der Waals surface area contributed by atoms with E-state index in [0.717, 1.165) is 37.6 Å². The van der Waals surface area contributed by atoms with E-state index in [4.69, 9.17) is 10.5 Å². The molecular formula is C15H22N2O. The third-order valence-electron chi connectivity index (χ3n) is 3.27. The second kappa shape index (κ2) is 6.45. The largest absolute Gasteiger partial charge is 0.493 e. The van der Waals surface area contributed by atoms with Crippen molar-refractivity contribution in [1.29, 1.82) is 0 Å². The van der Waals surface area contributed by atoms with Crippen LogP contribution in [0, 0.1) is 0 Å². The molecule has 0 aliphatic carbocycles. The molecule has 0 unspecified atom stereocenters. The average molecular weight is 246 g/mol. The Morgan fingerprint density at radius 1 is 1.39 bits per heavy atom. The number of ether oxygens (including phenoxy) is 1. The summed E-state index contributed by atoms with van der Waals surface area (Å²) < 4.78 is 5.68. The Kier molecular flexibility index (Phi) is 4.65. The standard InChI is InChI=1S/C15H22N2O/c1-13-6-9-17(10-7-13)8-3-11-18-15-5-2-4-14(16)12-15/h2,4-6,12H,3,7-11,16H2,1H3. The molecule has 1 aromatic rings. The van der Waals surface area contributed by atoms with Crippen LogP contribution in [0.5, 0.6) is 5.75 Å². The number of nitrogen functional groups attached to an aromatic ring is 1. The maximum Gasteiger partial charge on any atom is 0.121 e. The summed E-state index contributed by atoms with van der Waals surface area (Å²) in [5, 5.41) is 0. The van der Waals surface area contributed by atoms with E-state index in [0.29, 0.717) is 0 Å². The number of nitrogens with zero attached hydrogens (tertiary/aromatic N) is 1. The van der Waals surface area contributed by atoms with Crippen LogP contribution in [0.25, 0.3) is 0 Å². The fraction of sp³-hybridized carbons (Fsp3) is 0.467. The minimum Gasteiger partial charge on any atom is -0.493 e. The van der Waals surface area contributed by atoms with E-state index in [1.807, 2.05) is 24.3 Å². The van der Waals surface area contributed by atoms with E-state index in [-0.39, 0.29) is 0 Å². The van der Waals surface area contributed by atoms with Gasteiger partial charge in [-0.15, -0.1) is 0 Å². The minimum atomic E-state index is 0.753. The normalized spacial score (nSPS) is 16.4. The van der Waals surface area contributed by atoms with Crippen LogP contribution in [-0.4, -0.2) is 31.1 Å². The van der Waals surface area contributed by atoms with E-state index < -0.39 is 0 Å². The van der Waals surface area contributed by atoms with Crippen molar-refractivity contribution in [3.05, 3.63) is 35.9 Å². The van der Waals surface area contributed by atoms with Crippen LogP contribution in [-0.2, 0) is 0 Å². The summed E-state index contributed by atoms with van der Waals surface area (Å²) in [7, 11) is 0. The van der Waals surface area contributed by atoms with Crippen molar-refractivity contribution in [2.75, 3.05) is 32.0 Å². The lowest BCUT2D eigenvalue weighted by molar-refractivity contribution is 0.245. The van der Waals surface area contributed by atoms with Crippen molar-refractivity contribution in [2.45, 2.75) is 19.8 Å². The van der Waals surface area contributed by atoms with Gasteiger partial charge in [0, 0.05) is 31.4 Å². The van der Waals surface area contributed by atoms with Gasteiger partial charge in [0.1, 0.15) is 5.75 Å². The molecule has 0 radical (unpaired) electrons. The van der Waals surface area contributed by atoms with Crippen LogP contribution in [0.2, 0.25) is 0 Å². The first kappa shape index (κ1) is 13.0. The number of rotatable bonds is 5. The van der Waals surface area contributed by atoms with Gasteiger partial charge in [-0.05, 0) is 31.9 Å². The van der Waals surface area contributed by atoms with Crippen LogP contribution in [0.1, 0.15) is 19.8 Å². The van der Waals surface area contributed by atoms with Crippen LogP contribution in [0.4, 0.5) is 5.69 Å². The van der Waals surface area contributed by atoms with Gasteiger partial charge < -0.3 is 10.5 Å². The zero-order valence-electron chi connectivity index (χ0n) is 11.1. The summed E-state index contributed by atoms with van der Waals surface area (Å²) in [6.45, 7) is 6.33. The first-order valence-electron chi connectivity index (χ1n) is 6.60. The average Bonchev–Trinajstić information content (AvgIpc) is 2.37. The quantitative estimate of drug-likeness (QED) is 0.493. The van der Waals surface area contributed by atoms with Gasteiger partial charge in [-0.1, -0.05) is 17.7 Å². The highest BCUT2D eigenvalue weighted by molar-refractivity contribution is 5.43.